The molecule has 1 aromatic heterocycles. The molecule has 0 radical (unpaired) electrons. The summed E-state index contributed by atoms with van der Waals surface area (Å²) < 4.78 is 36.9. The third-order valence-corrected chi connectivity index (χ3v) is 2.00. The maximum atomic E-state index is 12.3. The van der Waals surface area contributed by atoms with Gasteiger partial charge in [-0.05, 0) is 6.92 Å². The highest BCUT2D eigenvalue weighted by molar-refractivity contribution is 5.42. The summed E-state index contributed by atoms with van der Waals surface area (Å²) in [6.45, 7) is 0.846. The quantitative estimate of drug-likeness (QED) is 0.853. The number of aromatic nitrogens is 2. The molecule has 16 heavy (non-hydrogen) atoms. The van der Waals surface area contributed by atoms with Gasteiger partial charge in [0.1, 0.15) is 6.54 Å². The Balaban J connectivity index is 2.94. The molecular formula is C9H13F3N4. The van der Waals surface area contributed by atoms with Crippen LogP contribution in [0.4, 0.5) is 19.0 Å². The van der Waals surface area contributed by atoms with Crippen LogP contribution in [0.25, 0.3) is 0 Å². The van der Waals surface area contributed by atoms with Crippen LogP contribution in [0, 0.1) is 0 Å². The molecule has 0 saturated heterocycles. The minimum absolute atomic E-state index is 0.0670. The molecule has 0 aliphatic heterocycles. The molecule has 0 fully saturated rings. The molecule has 0 aliphatic rings. The predicted octanol–water partition coefficient (Wildman–Crippen LogP) is 1.32. The first-order chi connectivity index (χ1) is 7.48. The second kappa shape index (κ2) is 5.11. The van der Waals surface area contributed by atoms with Crippen molar-refractivity contribution in [3.8, 4) is 0 Å². The topological polar surface area (TPSA) is 55.0 Å². The number of anilines is 1. The Morgan fingerprint density at radius 3 is 2.44 bits per heavy atom. The van der Waals surface area contributed by atoms with E-state index in [1.54, 1.807) is 6.92 Å². The molecule has 0 amide bonds. The molecule has 0 spiro atoms. The summed E-state index contributed by atoms with van der Waals surface area (Å²) in [4.78, 5) is 8.89. The van der Waals surface area contributed by atoms with E-state index in [9.17, 15) is 13.2 Å². The van der Waals surface area contributed by atoms with E-state index in [1.807, 2.05) is 0 Å². The van der Waals surface area contributed by atoms with Gasteiger partial charge < -0.3 is 10.6 Å². The third kappa shape index (κ3) is 3.34. The molecule has 7 heteroatoms. The number of hydrogen-bond acceptors (Lipinski definition) is 4. The van der Waals surface area contributed by atoms with E-state index in [0.29, 0.717) is 5.69 Å². The second-order valence-electron chi connectivity index (χ2n) is 3.16. The van der Waals surface area contributed by atoms with Crippen molar-refractivity contribution in [2.45, 2.75) is 19.6 Å². The summed E-state index contributed by atoms with van der Waals surface area (Å²) in [7, 11) is 0. The number of hydrogen-bond donors (Lipinski definition) is 1. The van der Waals surface area contributed by atoms with E-state index in [-0.39, 0.29) is 18.9 Å². The van der Waals surface area contributed by atoms with Crippen molar-refractivity contribution in [2.24, 2.45) is 5.73 Å². The Hall–Kier alpha value is -1.37. The van der Waals surface area contributed by atoms with Crippen molar-refractivity contribution in [1.82, 2.24) is 9.97 Å². The Bertz CT molecular complexity index is 340. The van der Waals surface area contributed by atoms with Crippen molar-refractivity contribution < 1.29 is 13.2 Å². The van der Waals surface area contributed by atoms with Gasteiger partial charge in [0.25, 0.3) is 0 Å². The molecule has 0 saturated carbocycles. The summed E-state index contributed by atoms with van der Waals surface area (Å²) in [6, 6.07) is 0. The number of rotatable bonds is 4. The lowest BCUT2D eigenvalue weighted by molar-refractivity contribution is -0.119. The highest BCUT2D eigenvalue weighted by atomic mass is 19.4. The molecule has 0 unspecified atom stereocenters. The Kier molecular flexibility index (Phi) is 4.05. The van der Waals surface area contributed by atoms with E-state index >= 15 is 0 Å². The molecule has 4 nitrogen and oxygen atoms in total. The molecule has 1 heterocycles. The predicted molar refractivity (Wildman–Crippen MR) is 53.9 cm³/mol. The monoisotopic (exact) mass is 234 g/mol. The van der Waals surface area contributed by atoms with Gasteiger partial charge in [0.05, 0.1) is 5.69 Å². The van der Waals surface area contributed by atoms with Gasteiger partial charge in [0.2, 0.25) is 0 Å². The third-order valence-electron chi connectivity index (χ3n) is 2.00. The Morgan fingerprint density at radius 1 is 1.31 bits per heavy atom. The molecule has 2 N–H and O–H groups in total. The molecule has 90 valence electrons. The fourth-order valence-electron chi connectivity index (χ4n) is 1.32. The van der Waals surface area contributed by atoms with E-state index in [1.165, 1.54) is 12.4 Å². The molecule has 0 aliphatic carbocycles. The van der Waals surface area contributed by atoms with E-state index in [2.05, 4.69) is 9.97 Å². The maximum Gasteiger partial charge on any atom is 0.405 e. The molecule has 1 rings (SSSR count). The van der Waals surface area contributed by atoms with E-state index < -0.39 is 12.7 Å². The van der Waals surface area contributed by atoms with Crippen molar-refractivity contribution in [1.29, 1.82) is 0 Å². The van der Waals surface area contributed by atoms with Crippen molar-refractivity contribution in [3.05, 3.63) is 18.1 Å². The second-order valence-corrected chi connectivity index (χ2v) is 3.16. The lowest BCUT2D eigenvalue weighted by Gasteiger charge is -2.24. The lowest BCUT2D eigenvalue weighted by Crippen LogP contribution is -2.35. The first kappa shape index (κ1) is 12.7. The number of nitrogens with two attached hydrogens (primary N) is 1. The zero-order chi connectivity index (χ0) is 12.2. The van der Waals surface area contributed by atoms with Crippen LogP contribution in [0.5, 0.6) is 0 Å². The fraction of sp³-hybridized carbons (Fsp3) is 0.556. The smallest absolute Gasteiger partial charge is 0.346 e. The lowest BCUT2D eigenvalue weighted by atomic mass is 10.3. The van der Waals surface area contributed by atoms with Crippen LogP contribution in [-0.4, -0.2) is 29.2 Å². The Labute approximate surface area is 91.3 Å². The summed E-state index contributed by atoms with van der Waals surface area (Å²) in [6.07, 6.45) is -1.50. The highest BCUT2D eigenvalue weighted by Crippen LogP contribution is 2.21. The Morgan fingerprint density at radius 2 is 1.94 bits per heavy atom. The zero-order valence-electron chi connectivity index (χ0n) is 8.83. The van der Waals surface area contributed by atoms with Crippen LogP contribution in [0.15, 0.2) is 12.4 Å². The average Bonchev–Trinajstić information content (AvgIpc) is 2.24. The van der Waals surface area contributed by atoms with Crippen LogP contribution in [0.2, 0.25) is 0 Å². The van der Waals surface area contributed by atoms with Crippen molar-refractivity contribution in [3.63, 3.8) is 0 Å². The van der Waals surface area contributed by atoms with Gasteiger partial charge in [-0.1, -0.05) is 0 Å². The van der Waals surface area contributed by atoms with Crippen LogP contribution in [0.3, 0.4) is 0 Å². The minimum atomic E-state index is -4.26. The van der Waals surface area contributed by atoms with Crippen LogP contribution >= 0.6 is 0 Å². The summed E-state index contributed by atoms with van der Waals surface area (Å²) in [5.74, 6) is 0.199. The van der Waals surface area contributed by atoms with Crippen molar-refractivity contribution >= 4 is 5.82 Å². The standard InChI is InChI=1S/C9H13F3N4/c1-2-16(6-9(10,11)12)8-7(5-13)14-3-4-15-8/h3-4H,2,5-6,13H2,1H3. The molecule has 0 atom stereocenters. The fourth-order valence-corrected chi connectivity index (χ4v) is 1.32. The number of nitrogens with zero attached hydrogens (tertiary/aromatic N) is 3. The number of alkyl halides is 3. The van der Waals surface area contributed by atoms with Gasteiger partial charge in [-0.25, -0.2) is 4.98 Å². The first-order valence-corrected chi connectivity index (χ1v) is 4.79. The van der Waals surface area contributed by atoms with Gasteiger partial charge in [0, 0.05) is 25.5 Å². The first-order valence-electron chi connectivity index (χ1n) is 4.79. The highest BCUT2D eigenvalue weighted by Gasteiger charge is 2.31. The maximum absolute atomic E-state index is 12.3. The van der Waals surface area contributed by atoms with Gasteiger partial charge in [-0.2, -0.15) is 13.2 Å². The van der Waals surface area contributed by atoms with Gasteiger partial charge in [-0.3, -0.25) is 4.98 Å². The minimum Gasteiger partial charge on any atom is -0.346 e. The van der Waals surface area contributed by atoms with Crippen molar-refractivity contribution in [2.75, 3.05) is 18.0 Å². The average molecular weight is 234 g/mol. The SMILES string of the molecule is CCN(CC(F)(F)F)c1nccnc1CN. The molecule has 0 bridgehead atoms. The van der Waals surface area contributed by atoms with Crippen LogP contribution < -0.4 is 10.6 Å². The van der Waals surface area contributed by atoms with Gasteiger partial charge >= 0.3 is 6.18 Å². The normalized spacial score (nSPS) is 11.6. The van der Waals surface area contributed by atoms with Crippen LogP contribution in [0.1, 0.15) is 12.6 Å². The van der Waals surface area contributed by atoms with E-state index in [0.717, 1.165) is 4.90 Å². The van der Waals surface area contributed by atoms with Crippen LogP contribution in [-0.2, 0) is 6.54 Å². The van der Waals surface area contributed by atoms with Gasteiger partial charge in [0.15, 0.2) is 5.82 Å². The molecular weight excluding hydrogens is 221 g/mol. The largest absolute Gasteiger partial charge is 0.405 e. The van der Waals surface area contributed by atoms with Gasteiger partial charge in [-0.15, -0.1) is 0 Å². The molecule has 0 aromatic carbocycles. The zero-order valence-corrected chi connectivity index (χ0v) is 8.83. The number of halogens is 3. The summed E-state index contributed by atoms with van der Waals surface area (Å²) in [5.41, 5.74) is 5.77. The summed E-state index contributed by atoms with van der Waals surface area (Å²) >= 11 is 0. The molecule has 1 aromatic rings. The summed E-state index contributed by atoms with van der Waals surface area (Å²) in [5, 5.41) is 0. The van der Waals surface area contributed by atoms with E-state index in [4.69, 9.17) is 5.73 Å².